The average Bonchev–Trinajstić information content (AvgIpc) is 2.96. The van der Waals surface area contributed by atoms with Crippen molar-refractivity contribution in [1.29, 1.82) is 0 Å². The van der Waals surface area contributed by atoms with Crippen LogP contribution in [0.25, 0.3) is 0 Å². The molecule has 2 rings (SSSR count). The van der Waals surface area contributed by atoms with Gasteiger partial charge in [-0.15, -0.1) is 0 Å². The molecule has 1 aromatic heterocycles. The molecule has 0 radical (unpaired) electrons. The maximum atomic E-state index is 14.5. The molecule has 5 nitrogen and oxygen atoms in total. The molecule has 1 N–H and O–H groups in total. The van der Waals surface area contributed by atoms with Gasteiger partial charge in [0.2, 0.25) is 5.28 Å². The van der Waals surface area contributed by atoms with E-state index in [-0.39, 0.29) is 17.0 Å². The fourth-order valence-corrected chi connectivity index (χ4v) is 2.69. The fourth-order valence-electron chi connectivity index (χ4n) is 2.43. The Morgan fingerprint density at radius 1 is 1.23 bits per heavy atom. The molecule has 1 atom stereocenters. The van der Waals surface area contributed by atoms with Crippen molar-refractivity contribution in [3.63, 3.8) is 0 Å². The van der Waals surface area contributed by atoms with Gasteiger partial charge in [0.25, 0.3) is 0 Å². The fraction of sp³-hybridized carbons (Fsp3) is 0.467. The van der Waals surface area contributed by atoms with E-state index in [0.29, 0.717) is 32.0 Å². The number of nitrogens with zero attached hydrogens (tertiary/aromatic N) is 3. The highest BCUT2D eigenvalue weighted by atomic mass is 35.5. The minimum atomic E-state index is -5.11. The highest BCUT2D eigenvalue weighted by Gasteiger charge is 2.58. The van der Waals surface area contributed by atoms with Crippen molar-refractivity contribution in [1.82, 2.24) is 20.1 Å². The van der Waals surface area contributed by atoms with Gasteiger partial charge in [-0.2, -0.15) is 18.3 Å². The van der Waals surface area contributed by atoms with E-state index in [1.165, 1.54) is 0 Å². The zero-order valence-electron chi connectivity index (χ0n) is 13.9. The van der Waals surface area contributed by atoms with E-state index >= 15 is 0 Å². The van der Waals surface area contributed by atoms with Crippen LogP contribution in [0.2, 0.25) is 5.28 Å². The lowest BCUT2D eigenvalue weighted by Crippen LogP contribution is -2.48. The molecule has 0 spiro atoms. The van der Waals surface area contributed by atoms with Crippen molar-refractivity contribution in [3.8, 4) is 5.75 Å². The monoisotopic (exact) mass is 398 g/mol. The number of nitrogens with one attached hydrogen (secondary N) is 1. The van der Waals surface area contributed by atoms with Crippen molar-refractivity contribution in [2.24, 2.45) is 0 Å². The first-order valence-corrected chi connectivity index (χ1v) is 7.90. The van der Waals surface area contributed by atoms with Gasteiger partial charge in [0.1, 0.15) is 23.7 Å². The van der Waals surface area contributed by atoms with Crippen molar-refractivity contribution >= 4 is 11.6 Å². The normalized spacial score (nSPS) is 14.3. The molecule has 1 aromatic carbocycles. The van der Waals surface area contributed by atoms with Gasteiger partial charge >= 0.3 is 6.18 Å². The lowest BCUT2D eigenvalue weighted by molar-refractivity contribution is -0.199. The number of rotatable bonds is 7. The van der Waals surface area contributed by atoms with Crippen LogP contribution in [0.5, 0.6) is 5.75 Å². The largest absolute Gasteiger partial charge is 0.493 e. The van der Waals surface area contributed by atoms with Crippen LogP contribution in [0, 0.1) is 11.6 Å². The van der Waals surface area contributed by atoms with E-state index in [1.54, 1.807) is 7.05 Å². The summed E-state index contributed by atoms with van der Waals surface area (Å²) in [6.45, 7) is 1.33. The highest BCUT2D eigenvalue weighted by molar-refractivity contribution is 6.28. The third kappa shape index (κ3) is 3.75. The Morgan fingerprint density at radius 3 is 2.31 bits per heavy atom. The van der Waals surface area contributed by atoms with Crippen LogP contribution in [-0.2, 0) is 5.54 Å². The number of aromatic nitrogens is 3. The summed E-state index contributed by atoms with van der Waals surface area (Å²) in [4.78, 5) is 3.40. The molecular formula is C15H16ClF5N4O. The molecule has 0 saturated heterocycles. The average molecular weight is 399 g/mol. The molecular weight excluding hydrogens is 383 g/mol. The third-order valence-corrected chi connectivity index (χ3v) is 4.08. The van der Waals surface area contributed by atoms with E-state index in [2.05, 4.69) is 15.4 Å². The summed E-state index contributed by atoms with van der Waals surface area (Å²) in [7, 11) is 1.72. The topological polar surface area (TPSA) is 52.0 Å². The van der Waals surface area contributed by atoms with Crippen molar-refractivity contribution in [2.75, 3.05) is 20.2 Å². The number of hydrogen-bond acceptors (Lipinski definition) is 4. The Balaban J connectivity index is 2.49. The number of benzene rings is 1. The summed E-state index contributed by atoms with van der Waals surface area (Å²) in [5.74, 6) is -3.07. The first kappa shape index (κ1) is 20.4. The Labute approximate surface area is 151 Å². The molecule has 0 amide bonds. The molecule has 0 saturated carbocycles. The standard InChI is InChI=1S/C15H16ClF5N4O/c1-14(15(19,20)21,25-13(16)23-8-24-25)12-10(17)6-9(7-11(12)18)26-5-3-4-22-2/h6-8,22H,3-5H2,1-2H3. The third-order valence-electron chi connectivity index (χ3n) is 3.82. The summed E-state index contributed by atoms with van der Waals surface area (Å²) in [6, 6.07) is 1.40. The predicted molar refractivity (Wildman–Crippen MR) is 84.2 cm³/mol. The number of halogens is 6. The van der Waals surface area contributed by atoms with Crippen molar-refractivity contribution in [3.05, 3.63) is 40.9 Å². The zero-order chi connectivity index (χ0) is 19.5. The van der Waals surface area contributed by atoms with Gasteiger partial charge in [-0.1, -0.05) is 0 Å². The molecule has 0 aliphatic heterocycles. The smallest absolute Gasteiger partial charge is 0.417 e. The highest BCUT2D eigenvalue weighted by Crippen LogP contribution is 2.45. The van der Waals surface area contributed by atoms with Gasteiger partial charge in [-0.05, 0) is 38.5 Å². The molecule has 0 aliphatic rings. The van der Waals surface area contributed by atoms with E-state index in [4.69, 9.17) is 16.3 Å². The lowest BCUT2D eigenvalue weighted by Gasteiger charge is -2.33. The molecule has 144 valence electrons. The van der Waals surface area contributed by atoms with Crippen LogP contribution < -0.4 is 10.1 Å². The van der Waals surface area contributed by atoms with E-state index in [1.807, 2.05) is 0 Å². The number of alkyl halides is 3. The molecule has 0 fully saturated rings. The van der Waals surface area contributed by atoms with E-state index < -0.39 is 34.2 Å². The molecule has 1 heterocycles. The number of ether oxygens (including phenoxy) is 1. The second-order valence-electron chi connectivity index (χ2n) is 5.58. The van der Waals surface area contributed by atoms with Gasteiger partial charge in [-0.3, -0.25) is 0 Å². The van der Waals surface area contributed by atoms with Gasteiger partial charge in [0.15, 0.2) is 5.54 Å². The Bertz CT molecular complexity index is 744. The van der Waals surface area contributed by atoms with Gasteiger partial charge in [0, 0.05) is 12.1 Å². The Morgan fingerprint density at radius 2 is 1.85 bits per heavy atom. The van der Waals surface area contributed by atoms with Crippen LogP contribution in [-0.4, -0.2) is 41.1 Å². The summed E-state index contributed by atoms with van der Waals surface area (Å²) >= 11 is 5.63. The molecule has 11 heteroatoms. The second-order valence-corrected chi connectivity index (χ2v) is 5.92. The van der Waals surface area contributed by atoms with E-state index in [9.17, 15) is 22.0 Å². The predicted octanol–water partition coefficient (Wildman–Crippen LogP) is 3.52. The SMILES string of the molecule is CNCCCOc1cc(F)c(C(C)(n2ncnc2Cl)C(F)(F)F)c(F)c1. The Hall–Kier alpha value is -1.94. The van der Waals surface area contributed by atoms with Crippen LogP contribution in [0.15, 0.2) is 18.5 Å². The van der Waals surface area contributed by atoms with Gasteiger partial charge in [0.05, 0.1) is 12.2 Å². The second kappa shape index (κ2) is 7.75. The maximum Gasteiger partial charge on any atom is 0.417 e. The zero-order valence-corrected chi connectivity index (χ0v) is 14.6. The van der Waals surface area contributed by atoms with Crippen molar-refractivity contribution < 1.29 is 26.7 Å². The molecule has 26 heavy (non-hydrogen) atoms. The molecule has 0 bridgehead atoms. The lowest BCUT2D eigenvalue weighted by atomic mass is 9.90. The van der Waals surface area contributed by atoms with Crippen LogP contribution >= 0.6 is 11.6 Å². The maximum absolute atomic E-state index is 14.5. The first-order valence-electron chi connectivity index (χ1n) is 7.52. The van der Waals surface area contributed by atoms with Gasteiger partial charge in [-0.25, -0.2) is 18.4 Å². The minimum Gasteiger partial charge on any atom is -0.493 e. The van der Waals surface area contributed by atoms with Crippen LogP contribution in [0.4, 0.5) is 22.0 Å². The summed E-state index contributed by atoms with van der Waals surface area (Å²) in [5, 5.41) is 5.59. The quantitative estimate of drug-likeness (QED) is 0.572. The summed E-state index contributed by atoms with van der Waals surface area (Å²) in [6.07, 6.45) is -3.79. The van der Waals surface area contributed by atoms with Crippen LogP contribution in [0.1, 0.15) is 18.9 Å². The van der Waals surface area contributed by atoms with E-state index in [0.717, 1.165) is 6.33 Å². The Kier molecular flexibility index (Phi) is 6.07. The summed E-state index contributed by atoms with van der Waals surface area (Å²) in [5.41, 5.74) is -4.45. The number of hydrogen-bond donors (Lipinski definition) is 1. The molecule has 0 aliphatic carbocycles. The van der Waals surface area contributed by atoms with Gasteiger partial charge < -0.3 is 10.1 Å². The molecule has 1 unspecified atom stereocenters. The molecule has 2 aromatic rings. The minimum absolute atomic E-state index is 0.143. The van der Waals surface area contributed by atoms with Crippen molar-refractivity contribution in [2.45, 2.75) is 25.1 Å². The summed E-state index contributed by atoms with van der Waals surface area (Å²) < 4.78 is 75.7. The van der Waals surface area contributed by atoms with Crippen LogP contribution in [0.3, 0.4) is 0 Å². The first-order chi connectivity index (χ1) is 12.1.